The Bertz CT molecular complexity index is 1120. The average Bonchev–Trinajstić information content (AvgIpc) is 3.10. The molecule has 5 atom stereocenters. The fraction of sp³-hybridized carbons (Fsp3) is 0.462. The highest BCUT2D eigenvalue weighted by molar-refractivity contribution is 7.60. The summed E-state index contributed by atoms with van der Waals surface area (Å²) < 4.78 is 37.0. The van der Waals surface area contributed by atoms with Crippen molar-refractivity contribution in [3.63, 3.8) is 0 Å². The van der Waals surface area contributed by atoms with Gasteiger partial charge in [0.05, 0.1) is 17.6 Å². The van der Waals surface area contributed by atoms with Gasteiger partial charge >= 0.3 is 15.6 Å². The van der Waals surface area contributed by atoms with E-state index in [1.807, 2.05) is 0 Å². The summed E-state index contributed by atoms with van der Waals surface area (Å²) >= 11 is 0. The van der Waals surface area contributed by atoms with Crippen molar-refractivity contribution in [1.29, 1.82) is 0 Å². The van der Waals surface area contributed by atoms with E-state index in [0.717, 1.165) is 0 Å². The molecule has 1 fully saturated rings. The molecule has 18 heteroatoms. The summed E-state index contributed by atoms with van der Waals surface area (Å²) in [7, 11) is -10.6. The molecule has 9 N–H and O–H groups in total. The summed E-state index contributed by atoms with van der Waals surface area (Å²) in [6, 6.07) is 0. The van der Waals surface area contributed by atoms with E-state index in [4.69, 9.17) is 26.0 Å². The Hall–Kier alpha value is -1.97. The number of hydrogen-bond donors (Lipinski definition) is 7. The first kappa shape index (κ1) is 23.7. The zero-order chi connectivity index (χ0) is 23.3. The third-order valence-corrected chi connectivity index (χ3v) is 6.45. The number of aliphatic hydroxyl groups is 2. The highest BCUT2D eigenvalue weighted by Gasteiger charge is 2.46. The molecule has 2 aromatic heterocycles. The van der Waals surface area contributed by atoms with Gasteiger partial charge in [-0.3, -0.25) is 9.32 Å². The molecule has 1 aliphatic rings. The van der Waals surface area contributed by atoms with E-state index in [1.54, 1.807) is 0 Å². The van der Waals surface area contributed by atoms with Crippen LogP contribution >= 0.6 is 15.6 Å². The molecule has 1 aliphatic heterocycles. The van der Waals surface area contributed by atoms with Crippen LogP contribution < -0.4 is 11.5 Å². The van der Waals surface area contributed by atoms with E-state index in [2.05, 4.69) is 18.8 Å². The summed E-state index contributed by atoms with van der Waals surface area (Å²) in [6.45, 7) is 0.634. The number of primary amides is 1. The number of fused-ring (bicyclic) bond motifs is 1. The van der Waals surface area contributed by atoms with E-state index in [0.29, 0.717) is 0 Å². The maximum atomic E-state index is 11.8. The van der Waals surface area contributed by atoms with Crippen molar-refractivity contribution in [2.75, 3.05) is 12.3 Å². The molecule has 1 saturated heterocycles. The second-order valence-electron chi connectivity index (χ2n) is 6.55. The Morgan fingerprint density at radius 1 is 1.26 bits per heavy atom. The predicted molar refractivity (Wildman–Crippen MR) is 100 cm³/mol. The van der Waals surface area contributed by atoms with Crippen LogP contribution in [0.15, 0.2) is 6.20 Å². The van der Waals surface area contributed by atoms with E-state index < -0.39 is 52.7 Å². The van der Waals surface area contributed by atoms with Crippen molar-refractivity contribution in [3.8, 4) is 0 Å². The number of amides is 1. The van der Waals surface area contributed by atoms with Crippen LogP contribution in [0.25, 0.3) is 11.0 Å². The molecule has 172 valence electrons. The van der Waals surface area contributed by atoms with Crippen molar-refractivity contribution in [2.45, 2.75) is 31.5 Å². The summed E-state index contributed by atoms with van der Waals surface area (Å²) in [6.07, 6.45) is -4.92. The first-order valence-corrected chi connectivity index (χ1v) is 11.4. The second-order valence-corrected chi connectivity index (χ2v) is 9.38. The molecule has 16 nitrogen and oxygen atoms in total. The van der Waals surface area contributed by atoms with E-state index >= 15 is 0 Å². The molecule has 2 aromatic rings. The monoisotopic (exact) mass is 483 g/mol. The smallest absolute Gasteiger partial charge is 0.387 e. The Balaban J connectivity index is 1.90. The fourth-order valence-electron chi connectivity index (χ4n) is 3.09. The third-order valence-electron chi connectivity index (χ3n) is 4.30. The van der Waals surface area contributed by atoms with Gasteiger partial charge in [0, 0.05) is 6.20 Å². The van der Waals surface area contributed by atoms with Gasteiger partial charge in [-0.15, -0.1) is 0 Å². The lowest BCUT2D eigenvalue weighted by molar-refractivity contribution is -0.0501. The second kappa shape index (κ2) is 8.18. The molecule has 1 unspecified atom stereocenters. The molecule has 3 rings (SSSR count). The molecule has 0 saturated carbocycles. The zero-order valence-corrected chi connectivity index (χ0v) is 17.5. The van der Waals surface area contributed by atoms with Crippen molar-refractivity contribution in [1.82, 2.24) is 14.5 Å². The van der Waals surface area contributed by atoms with Crippen molar-refractivity contribution in [3.05, 3.63) is 17.6 Å². The minimum absolute atomic E-state index is 0.0567. The van der Waals surface area contributed by atoms with Crippen LogP contribution in [0.5, 0.6) is 0 Å². The van der Waals surface area contributed by atoms with Crippen LogP contribution in [0.3, 0.4) is 0 Å². The molecule has 0 bridgehead atoms. The number of nitrogens with zero attached hydrogens (tertiary/aromatic N) is 3. The number of rotatable bonds is 7. The number of aryl methyl sites for hydroxylation is 1. The molecular formula is C13H19N5O11P2. The topological polar surface area (TPSA) is 263 Å². The van der Waals surface area contributed by atoms with Gasteiger partial charge in [0.15, 0.2) is 6.23 Å². The maximum absolute atomic E-state index is 11.8. The first-order chi connectivity index (χ1) is 14.2. The highest BCUT2D eigenvalue weighted by atomic mass is 31.3. The summed E-state index contributed by atoms with van der Waals surface area (Å²) in [4.78, 5) is 46.5. The summed E-state index contributed by atoms with van der Waals surface area (Å²) in [5.74, 6) is -0.700. The van der Waals surface area contributed by atoms with Crippen LogP contribution in [-0.4, -0.2) is 70.3 Å². The maximum Gasteiger partial charge on any atom is 0.481 e. The van der Waals surface area contributed by atoms with Crippen LogP contribution in [0.1, 0.15) is 22.4 Å². The number of nitrogen functional groups attached to an aromatic ring is 1. The normalized spacial score (nSPS) is 26.3. The fourth-order valence-corrected chi connectivity index (χ4v) is 4.69. The van der Waals surface area contributed by atoms with Crippen LogP contribution in [-0.2, 0) is 22.7 Å². The highest BCUT2D eigenvalue weighted by Crippen LogP contribution is 2.57. The Kier molecular flexibility index (Phi) is 6.25. The third kappa shape index (κ3) is 4.94. The van der Waals surface area contributed by atoms with Gasteiger partial charge in [0.25, 0.3) is 5.91 Å². The summed E-state index contributed by atoms with van der Waals surface area (Å²) in [5.41, 5.74) is 11.2. The number of carbonyl (C=O) groups is 1. The standard InChI is InChI=1S/C13H19N5O11P2/c1-4-16-10(14)7-5(11(15)21)2-18(12(7)17-4)13-9(20)8(19)6(28-13)3-27-31(25,26)29-30(22,23)24/h2,6,8-9,13,19-20H,3H2,1H3,(H2,15,21)(H,25,26)(H2,14,16,17)(H2,22,23,24)/t6-,8-,9-,13-/m1/s1. The van der Waals surface area contributed by atoms with Crippen molar-refractivity contribution < 1.29 is 52.4 Å². The molecule has 31 heavy (non-hydrogen) atoms. The lowest BCUT2D eigenvalue weighted by Gasteiger charge is -2.18. The van der Waals surface area contributed by atoms with Crippen molar-refractivity contribution in [2.24, 2.45) is 5.73 Å². The Labute approximate surface area is 173 Å². The molecular weight excluding hydrogens is 464 g/mol. The number of nitrogens with two attached hydrogens (primary N) is 2. The SMILES string of the molecule is Cc1nc(N)c2c(C(N)=O)cn([C@@H]3O[C@H](COP(=O)(O)OP(=O)(O)O)[C@@H](O)[C@H]3O)c2n1. The summed E-state index contributed by atoms with van der Waals surface area (Å²) in [5, 5.41) is 20.7. The number of aliphatic hydroxyl groups excluding tert-OH is 2. The Morgan fingerprint density at radius 3 is 2.48 bits per heavy atom. The largest absolute Gasteiger partial charge is 0.481 e. The lowest BCUT2D eigenvalue weighted by atomic mass is 10.1. The minimum Gasteiger partial charge on any atom is -0.387 e. The number of anilines is 1. The first-order valence-electron chi connectivity index (χ1n) is 8.40. The Morgan fingerprint density at radius 2 is 1.90 bits per heavy atom. The van der Waals surface area contributed by atoms with Crippen LogP contribution in [0, 0.1) is 6.92 Å². The predicted octanol–water partition coefficient (Wildman–Crippen LogP) is -1.73. The number of ether oxygens (including phenoxy) is 1. The van der Waals surface area contributed by atoms with Gasteiger partial charge in [-0.25, -0.2) is 19.1 Å². The quantitative estimate of drug-likeness (QED) is 0.216. The molecule has 1 amide bonds. The zero-order valence-electron chi connectivity index (χ0n) is 15.7. The molecule has 0 spiro atoms. The van der Waals surface area contributed by atoms with E-state index in [-0.39, 0.29) is 28.2 Å². The molecule has 3 heterocycles. The lowest BCUT2D eigenvalue weighted by Crippen LogP contribution is -2.33. The van der Waals surface area contributed by atoms with Gasteiger partial charge < -0.3 is 45.7 Å². The number of hydrogen-bond acceptors (Lipinski definition) is 11. The molecule has 0 aromatic carbocycles. The molecule has 0 aliphatic carbocycles. The van der Waals surface area contributed by atoms with Crippen molar-refractivity contribution >= 4 is 38.4 Å². The van der Waals surface area contributed by atoms with E-state index in [9.17, 15) is 29.0 Å². The van der Waals surface area contributed by atoms with Gasteiger partial charge in [0.2, 0.25) is 0 Å². The number of phosphoric acid groups is 2. The van der Waals surface area contributed by atoms with E-state index in [1.165, 1.54) is 17.7 Å². The number of phosphoric ester groups is 1. The number of aromatic nitrogens is 3. The molecule has 0 radical (unpaired) electrons. The van der Waals surface area contributed by atoms with Gasteiger partial charge in [-0.1, -0.05) is 0 Å². The van der Waals surface area contributed by atoms with Crippen LogP contribution in [0.4, 0.5) is 5.82 Å². The van der Waals surface area contributed by atoms with Gasteiger partial charge in [-0.2, -0.15) is 4.31 Å². The number of carbonyl (C=O) groups excluding carboxylic acids is 1. The van der Waals surface area contributed by atoms with Gasteiger partial charge in [-0.05, 0) is 6.92 Å². The van der Waals surface area contributed by atoms with Crippen LogP contribution in [0.2, 0.25) is 0 Å². The average molecular weight is 483 g/mol. The van der Waals surface area contributed by atoms with Gasteiger partial charge in [0.1, 0.15) is 35.6 Å². The minimum atomic E-state index is -5.34.